The Balaban J connectivity index is 1.79. The van der Waals surface area contributed by atoms with Gasteiger partial charge in [0.1, 0.15) is 11.0 Å². The monoisotopic (exact) mass is 437 g/mol. The van der Waals surface area contributed by atoms with Gasteiger partial charge in [0.25, 0.3) is 0 Å². The van der Waals surface area contributed by atoms with Crippen LogP contribution in [0.15, 0.2) is 47.5 Å². The second kappa shape index (κ2) is 8.86. The van der Waals surface area contributed by atoms with Crippen LogP contribution in [0.5, 0.6) is 5.75 Å². The maximum atomic E-state index is 12.7. The second-order valence-electron chi connectivity index (χ2n) is 5.97. The molecular weight excluding hydrogens is 421 g/mol. The highest BCUT2D eigenvalue weighted by atomic mass is 35.5. The van der Waals surface area contributed by atoms with E-state index in [9.17, 15) is 9.59 Å². The summed E-state index contributed by atoms with van der Waals surface area (Å²) in [5.74, 6) is 0.210. The van der Waals surface area contributed by atoms with Crippen molar-refractivity contribution in [3.63, 3.8) is 0 Å². The molecule has 1 N–H and O–H groups in total. The molecule has 0 spiro atoms. The molecule has 6 nitrogen and oxygen atoms in total. The van der Waals surface area contributed by atoms with Crippen molar-refractivity contribution in [3.8, 4) is 5.75 Å². The van der Waals surface area contributed by atoms with Crippen molar-refractivity contribution in [2.24, 2.45) is 4.99 Å². The van der Waals surface area contributed by atoms with E-state index in [1.165, 1.54) is 16.7 Å². The van der Waals surface area contributed by atoms with Crippen LogP contribution in [-0.2, 0) is 9.59 Å². The molecule has 146 valence electrons. The van der Waals surface area contributed by atoms with Gasteiger partial charge < -0.3 is 10.1 Å². The van der Waals surface area contributed by atoms with E-state index in [2.05, 4.69) is 10.3 Å². The van der Waals surface area contributed by atoms with Crippen molar-refractivity contribution < 1.29 is 14.3 Å². The largest absolute Gasteiger partial charge is 0.497 e. The van der Waals surface area contributed by atoms with Gasteiger partial charge in [0.2, 0.25) is 11.8 Å². The number of amides is 2. The number of hydrogen-bond donors (Lipinski definition) is 1. The molecule has 28 heavy (non-hydrogen) atoms. The third kappa shape index (κ3) is 4.79. The number of amidine groups is 1. The molecule has 1 saturated heterocycles. The number of ether oxygens (including phenoxy) is 1. The van der Waals surface area contributed by atoms with Crippen LogP contribution in [-0.4, -0.2) is 41.3 Å². The summed E-state index contributed by atoms with van der Waals surface area (Å²) in [6.45, 7) is 0. The smallest absolute Gasteiger partial charge is 0.238 e. The number of nitrogens with zero attached hydrogens (tertiary/aromatic N) is 2. The van der Waals surface area contributed by atoms with Crippen molar-refractivity contribution in [1.82, 2.24) is 4.90 Å². The molecule has 1 atom stereocenters. The number of hydrogen-bond acceptors (Lipinski definition) is 5. The quantitative estimate of drug-likeness (QED) is 0.758. The van der Waals surface area contributed by atoms with E-state index in [1.807, 2.05) is 0 Å². The van der Waals surface area contributed by atoms with Gasteiger partial charge in [-0.15, -0.1) is 0 Å². The van der Waals surface area contributed by atoms with Crippen molar-refractivity contribution in [1.29, 1.82) is 0 Å². The maximum Gasteiger partial charge on any atom is 0.238 e. The first-order chi connectivity index (χ1) is 13.4. The molecule has 2 aromatic carbocycles. The van der Waals surface area contributed by atoms with Gasteiger partial charge in [0.15, 0.2) is 5.17 Å². The van der Waals surface area contributed by atoms with Crippen molar-refractivity contribution in [3.05, 3.63) is 52.5 Å². The molecule has 0 unspecified atom stereocenters. The molecule has 0 aromatic heterocycles. The summed E-state index contributed by atoms with van der Waals surface area (Å²) < 4.78 is 5.10. The van der Waals surface area contributed by atoms with Crippen LogP contribution < -0.4 is 10.1 Å². The van der Waals surface area contributed by atoms with Gasteiger partial charge in [-0.05, 0) is 42.5 Å². The van der Waals surface area contributed by atoms with E-state index in [0.717, 1.165) is 0 Å². The number of nitrogens with one attached hydrogen (secondary N) is 1. The fourth-order valence-corrected chi connectivity index (χ4v) is 3.85. The summed E-state index contributed by atoms with van der Waals surface area (Å²) in [7, 11) is 3.19. The van der Waals surface area contributed by atoms with Gasteiger partial charge in [-0.25, -0.2) is 4.99 Å². The summed E-state index contributed by atoms with van der Waals surface area (Å²) in [5.41, 5.74) is 1.06. The summed E-state index contributed by atoms with van der Waals surface area (Å²) in [6.07, 6.45) is 0.0749. The van der Waals surface area contributed by atoms with Gasteiger partial charge in [-0.1, -0.05) is 35.0 Å². The van der Waals surface area contributed by atoms with Crippen LogP contribution >= 0.6 is 35.0 Å². The number of benzene rings is 2. The second-order valence-corrected chi connectivity index (χ2v) is 7.98. The normalized spacial score (nSPS) is 18.3. The minimum Gasteiger partial charge on any atom is -0.497 e. The van der Waals surface area contributed by atoms with E-state index in [1.54, 1.807) is 56.6 Å². The Bertz CT molecular complexity index is 935. The third-order valence-electron chi connectivity index (χ3n) is 4.04. The van der Waals surface area contributed by atoms with Crippen LogP contribution in [0.3, 0.4) is 0 Å². The number of carbonyl (C=O) groups excluding carboxylic acids is 2. The zero-order valence-electron chi connectivity index (χ0n) is 15.1. The lowest BCUT2D eigenvalue weighted by Crippen LogP contribution is -2.43. The van der Waals surface area contributed by atoms with Gasteiger partial charge >= 0.3 is 0 Å². The molecule has 1 aliphatic rings. The molecular formula is C19H17Cl2N3O3S. The topological polar surface area (TPSA) is 71.0 Å². The molecule has 2 aromatic rings. The minimum atomic E-state index is -0.609. The number of halogens is 2. The van der Waals surface area contributed by atoms with Crippen molar-refractivity contribution in [2.75, 3.05) is 19.5 Å². The average molecular weight is 438 g/mol. The maximum absolute atomic E-state index is 12.7. The van der Waals surface area contributed by atoms with Crippen LogP contribution in [0.1, 0.15) is 6.42 Å². The summed E-state index contributed by atoms with van der Waals surface area (Å²) in [6, 6.07) is 11.9. The van der Waals surface area contributed by atoms with Crippen LogP contribution in [0.4, 0.5) is 11.4 Å². The molecule has 0 radical (unpaired) electrons. The fourth-order valence-electron chi connectivity index (χ4n) is 2.47. The Morgan fingerprint density at radius 3 is 2.64 bits per heavy atom. The Hall–Kier alpha value is -2.22. The lowest BCUT2D eigenvalue weighted by atomic mass is 10.2. The fraction of sp³-hybridized carbons (Fsp3) is 0.211. The van der Waals surface area contributed by atoms with Crippen LogP contribution in [0.2, 0.25) is 10.0 Å². The zero-order valence-corrected chi connectivity index (χ0v) is 17.4. The Morgan fingerprint density at radius 2 is 1.96 bits per heavy atom. The predicted molar refractivity (Wildman–Crippen MR) is 114 cm³/mol. The number of carbonyl (C=O) groups is 2. The number of methoxy groups -OCH3 is 1. The number of thioether (sulfide) groups is 1. The number of aliphatic imine (C=N–C) groups is 1. The Labute approximate surface area is 176 Å². The lowest BCUT2D eigenvalue weighted by molar-refractivity contribution is -0.128. The SMILES string of the molecule is COc1ccc(NC(=O)[C@@H]2CC(=O)N(C)C(=Nc3cc(Cl)ccc3Cl)S2)cc1. The zero-order chi connectivity index (χ0) is 20.3. The summed E-state index contributed by atoms with van der Waals surface area (Å²) in [5, 5.41) is 3.48. The van der Waals surface area contributed by atoms with E-state index >= 15 is 0 Å². The molecule has 1 aliphatic heterocycles. The lowest BCUT2D eigenvalue weighted by Gasteiger charge is -2.29. The number of anilines is 1. The minimum absolute atomic E-state index is 0.0749. The molecule has 2 amide bonds. The highest BCUT2D eigenvalue weighted by molar-refractivity contribution is 8.15. The highest BCUT2D eigenvalue weighted by Gasteiger charge is 2.34. The first-order valence-corrected chi connectivity index (χ1v) is 9.93. The predicted octanol–water partition coefficient (Wildman–Crippen LogP) is 4.59. The first-order valence-electron chi connectivity index (χ1n) is 8.29. The van der Waals surface area contributed by atoms with Crippen molar-refractivity contribution >= 4 is 63.3 Å². The average Bonchev–Trinajstić information content (AvgIpc) is 2.68. The molecule has 0 bridgehead atoms. The van der Waals surface area contributed by atoms with Crippen LogP contribution in [0.25, 0.3) is 0 Å². The molecule has 3 rings (SSSR count). The third-order valence-corrected chi connectivity index (χ3v) is 5.84. The molecule has 1 heterocycles. The molecule has 0 saturated carbocycles. The number of rotatable bonds is 4. The molecule has 9 heteroatoms. The van der Waals surface area contributed by atoms with Gasteiger partial charge in [-0.3, -0.25) is 14.5 Å². The molecule has 1 fully saturated rings. The van der Waals surface area contributed by atoms with E-state index in [0.29, 0.717) is 32.3 Å². The molecule has 0 aliphatic carbocycles. The van der Waals surface area contributed by atoms with Crippen molar-refractivity contribution in [2.45, 2.75) is 11.7 Å². The standard InChI is InChI=1S/C19H17Cl2N3O3S/c1-24-17(25)10-16(18(26)22-12-4-6-13(27-2)7-5-12)28-19(24)23-15-9-11(20)3-8-14(15)21/h3-9,16H,10H2,1-2H3,(H,22,26)/t16-/m0/s1. The van der Waals surface area contributed by atoms with Gasteiger partial charge in [0.05, 0.1) is 17.8 Å². The Morgan fingerprint density at radius 1 is 1.25 bits per heavy atom. The van der Waals surface area contributed by atoms with Crippen LogP contribution in [0, 0.1) is 0 Å². The van der Waals surface area contributed by atoms with Gasteiger partial charge in [-0.2, -0.15) is 0 Å². The van der Waals surface area contributed by atoms with E-state index < -0.39 is 5.25 Å². The Kier molecular flexibility index (Phi) is 6.49. The summed E-state index contributed by atoms with van der Waals surface area (Å²) in [4.78, 5) is 30.9. The van der Waals surface area contributed by atoms with E-state index in [-0.39, 0.29) is 18.2 Å². The van der Waals surface area contributed by atoms with E-state index in [4.69, 9.17) is 27.9 Å². The highest BCUT2D eigenvalue weighted by Crippen LogP contribution is 2.33. The van der Waals surface area contributed by atoms with Gasteiger partial charge in [0, 0.05) is 24.2 Å². The first kappa shape index (κ1) is 20.5. The summed E-state index contributed by atoms with van der Waals surface area (Å²) >= 11 is 13.4.